The number of hydrogen-bond donors (Lipinski definition) is 1. The molecule has 92 valence electrons. The quantitative estimate of drug-likeness (QED) is 0.843. The summed E-state index contributed by atoms with van der Waals surface area (Å²) in [6.45, 7) is 4.62. The van der Waals surface area contributed by atoms with Crippen molar-refractivity contribution in [3.05, 3.63) is 29.3 Å². The minimum atomic E-state index is 0.105. The molecule has 1 fully saturated rings. The molecule has 1 aliphatic heterocycles. The van der Waals surface area contributed by atoms with Gasteiger partial charge < -0.3 is 15.0 Å². The summed E-state index contributed by atoms with van der Waals surface area (Å²) in [7, 11) is 1.87. The molecule has 1 aromatic rings. The van der Waals surface area contributed by atoms with E-state index in [0.717, 1.165) is 16.8 Å². The average Bonchev–Trinajstić information content (AvgIpc) is 2.39. The number of nitrogens with one attached hydrogen (secondary N) is 1. The smallest absolute Gasteiger partial charge is 0.254 e. The van der Waals surface area contributed by atoms with Gasteiger partial charge >= 0.3 is 0 Å². The molecule has 0 radical (unpaired) electrons. The summed E-state index contributed by atoms with van der Waals surface area (Å²) in [5.74, 6) is 0.105. The summed E-state index contributed by atoms with van der Waals surface area (Å²) in [6, 6.07) is 5.81. The first kappa shape index (κ1) is 11.9. The molecule has 1 N–H and O–H groups in total. The fraction of sp³-hybridized carbons (Fsp3) is 0.462. The first-order valence-corrected chi connectivity index (χ1v) is 5.88. The van der Waals surface area contributed by atoms with Gasteiger partial charge in [-0.15, -0.1) is 0 Å². The van der Waals surface area contributed by atoms with Gasteiger partial charge in [0.1, 0.15) is 0 Å². The predicted molar refractivity (Wildman–Crippen MR) is 67.4 cm³/mol. The molecule has 0 bridgehead atoms. The van der Waals surface area contributed by atoms with Crippen molar-refractivity contribution < 1.29 is 9.53 Å². The van der Waals surface area contributed by atoms with E-state index in [1.807, 2.05) is 37.1 Å². The van der Waals surface area contributed by atoms with Crippen molar-refractivity contribution >= 4 is 11.6 Å². The zero-order chi connectivity index (χ0) is 12.3. The van der Waals surface area contributed by atoms with E-state index in [1.54, 1.807) is 0 Å². The van der Waals surface area contributed by atoms with Crippen molar-refractivity contribution in [3.8, 4) is 0 Å². The molecule has 4 nitrogen and oxygen atoms in total. The van der Waals surface area contributed by atoms with E-state index in [0.29, 0.717) is 26.3 Å². The van der Waals surface area contributed by atoms with E-state index in [2.05, 4.69) is 5.32 Å². The maximum absolute atomic E-state index is 12.3. The van der Waals surface area contributed by atoms with Crippen LogP contribution < -0.4 is 5.32 Å². The first-order chi connectivity index (χ1) is 8.22. The number of anilines is 1. The van der Waals surface area contributed by atoms with Crippen LogP contribution in [0.5, 0.6) is 0 Å². The Bertz CT molecular complexity index is 412. The van der Waals surface area contributed by atoms with Gasteiger partial charge in [0.15, 0.2) is 0 Å². The van der Waals surface area contributed by atoms with Crippen LogP contribution in [-0.4, -0.2) is 44.2 Å². The summed E-state index contributed by atoms with van der Waals surface area (Å²) >= 11 is 0. The van der Waals surface area contributed by atoms with Crippen LogP contribution in [0.3, 0.4) is 0 Å². The molecular formula is C13H18N2O2. The molecular weight excluding hydrogens is 216 g/mol. The second-order valence-corrected chi connectivity index (χ2v) is 4.18. The van der Waals surface area contributed by atoms with E-state index < -0.39 is 0 Å². The molecule has 2 rings (SSSR count). The number of benzene rings is 1. The average molecular weight is 234 g/mol. The fourth-order valence-electron chi connectivity index (χ4n) is 2.00. The zero-order valence-electron chi connectivity index (χ0n) is 10.3. The number of morpholine rings is 1. The molecule has 0 unspecified atom stereocenters. The third-order valence-corrected chi connectivity index (χ3v) is 3.04. The predicted octanol–water partition coefficient (Wildman–Crippen LogP) is 1.51. The molecule has 0 aromatic heterocycles. The Kier molecular flexibility index (Phi) is 3.64. The maximum atomic E-state index is 12.3. The van der Waals surface area contributed by atoms with Crippen LogP contribution in [0.2, 0.25) is 0 Å². The lowest BCUT2D eigenvalue weighted by Gasteiger charge is -2.27. The molecule has 0 aliphatic carbocycles. The molecule has 0 saturated carbocycles. The van der Waals surface area contributed by atoms with E-state index in [4.69, 9.17) is 4.74 Å². The molecule has 0 atom stereocenters. The SMILES string of the molecule is CNc1ccc(C(=O)N2CCOCC2)c(C)c1. The van der Waals surface area contributed by atoms with E-state index >= 15 is 0 Å². The minimum Gasteiger partial charge on any atom is -0.388 e. The number of nitrogens with zero attached hydrogens (tertiary/aromatic N) is 1. The number of aryl methyl sites for hydroxylation is 1. The fourth-order valence-corrected chi connectivity index (χ4v) is 2.00. The van der Waals surface area contributed by atoms with E-state index in [-0.39, 0.29) is 5.91 Å². The van der Waals surface area contributed by atoms with Gasteiger partial charge in [-0.25, -0.2) is 0 Å². The van der Waals surface area contributed by atoms with Crippen molar-refractivity contribution in [3.63, 3.8) is 0 Å². The van der Waals surface area contributed by atoms with Gasteiger partial charge in [-0.05, 0) is 30.7 Å². The van der Waals surface area contributed by atoms with Crippen LogP contribution in [0.1, 0.15) is 15.9 Å². The first-order valence-electron chi connectivity index (χ1n) is 5.88. The summed E-state index contributed by atoms with van der Waals surface area (Å²) in [5.41, 5.74) is 2.82. The Morgan fingerprint density at radius 3 is 2.65 bits per heavy atom. The Morgan fingerprint density at radius 1 is 1.35 bits per heavy atom. The highest BCUT2D eigenvalue weighted by molar-refractivity contribution is 5.96. The second kappa shape index (κ2) is 5.19. The number of carbonyl (C=O) groups is 1. The van der Waals surface area contributed by atoms with Gasteiger partial charge in [0.05, 0.1) is 13.2 Å². The van der Waals surface area contributed by atoms with Gasteiger partial charge in [-0.1, -0.05) is 0 Å². The topological polar surface area (TPSA) is 41.6 Å². The van der Waals surface area contributed by atoms with Gasteiger partial charge in [0.25, 0.3) is 5.91 Å². The van der Waals surface area contributed by atoms with Crippen molar-refractivity contribution in [1.82, 2.24) is 4.90 Å². The minimum absolute atomic E-state index is 0.105. The lowest BCUT2D eigenvalue weighted by Crippen LogP contribution is -2.40. The molecule has 1 amide bonds. The molecule has 1 aliphatic rings. The molecule has 17 heavy (non-hydrogen) atoms. The lowest BCUT2D eigenvalue weighted by molar-refractivity contribution is 0.0302. The largest absolute Gasteiger partial charge is 0.388 e. The normalized spacial score (nSPS) is 15.8. The molecule has 1 saturated heterocycles. The number of amides is 1. The summed E-state index contributed by atoms with van der Waals surface area (Å²) in [5, 5.41) is 3.07. The van der Waals surface area contributed by atoms with Crippen LogP contribution in [0.25, 0.3) is 0 Å². The lowest BCUT2D eigenvalue weighted by atomic mass is 10.1. The third-order valence-electron chi connectivity index (χ3n) is 3.04. The highest BCUT2D eigenvalue weighted by Crippen LogP contribution is 2.17. The molecule has 1 heterocycles. The highest BCUT2D eigenvalue weighted by Gasteiger charge is 2.19. The summed E-state index contributed by atoms with van der Waals surface area (Å²) in [4.78, 5) is 14.1. The molecule has 0 spiro atoms. The number of hydrogen-bond acceptors (Lipinski definition) is 3. The third kappa shape index (κ3) is 2.58. The standard InChI is InChI=1S/C13H18N2O2/c1-10-9-11(14-2)3-4-12(10)13(16)15-5-7-17-8-6-15/h3-4,9,14H,5-8H2,1-2H3. The molecule has 1 aromatic carbocycles. The number of ether oxygens (including phenoxy) is 1. The van der Waals surface area contributed by atoms with Crippen molar-refractivity contribution in [2.45, 2.75) is 6.92 Å². The van der Waals surface area contributed by atoms with Crippen molar-refractivity contribution in [2.24, 2.45) is 0 Å². The van der Waals surface area contributed by atoms with Crippen molar-refractivity contribution in [1.29, 1.82) is 0 Å². The van der Waals surface area contributed by atoms with Gasteiger partial charge in [-0.3, -0.25) is 4.79 Å². The van der Waals surface area contributed by atoms with Crippen LogP contribution in [0.4, 0.5) is 5.69 Å². The Morgan fingerprint density at radius 2 is 2.06 bits per heavy atom. The molecule has 4 heteroatoms. The zero-order valence-corrected chi connectivity index (χ0v) is 10.3. The van der Waals surface area contributed by atoms with E-state index in [9.17, 15) is 4.79 Å². The Labute approximate surface area is 102 Å². The highest BCUT2D eigenvalue weighted by atomic mass is 16.5. The Balaban J connectivity index is 2.18. The number of carbonyl (C=O) groups excluding carboxylic acids is 1. The monoisotopic (exact) mass is 234 g/mol. The Hall–Kier alpha value is -1.55. The summed E-state index contributed by atoms with van der Waals surface area (Å²) < 4.78 is 5.25. The van der Waals surface area contributed by atoms with Gasteiger partial charge in [0.2, 0.25) is 0 Å². The van der Waals surface area contributed by atoms with Crippen LogP contribution in [0.15, 0.2) is 18.2 Å². The maximum Gasteiger partial charge on any atom is 0.254 e. The van der Waals surface area contributed by atoms with E-state index in [1.165, 1.54) is 0 Å². The van der Waals surface area contributed by atoms with Crippen molar-refractivity contribution in [2.75, 3.05) is 38.7 Å². The van der Waals surface area contributed by atoms with Crippen LogP contribution >= 0.6 is 0 Å². The second-order valence-electron chi connectivity index (χ2n) is 4.18. The van der Waals surface area contributed by atoms with Gasteiger partial charge in [0, 0.05) is 31.4 Å². The summed E-state index contributed by atoms with van der Waals surface area (Å²) in [6.07, 6.45) is 0. The number of rotatable bonds is 2. The van der Waals surface area contributed by atoms with Gasteiger partial charge in [-0.2, -0.15) is 0 Å². The van der Waals surface area contributed by atoms with Crippen LogP contribution in [-0.2, 0) is 4.74 Å². The van der Waals surface area contributed by atoms with Crippen LogP contribution in [0, 0.1) is 6.92 Å².